The summed E-state index contributed by atoms with van der Waals surface area (Å²) in [5.41, 5.74) is 4.53. The van der Waals surface area contributed by atoms with E-state index in [4.69, 9.17) is 9.47 Å². The summed E-state index contributed by atoms with van der Waals surface area (Å²) in [6, 6.07) is 7.30. The molecule has 1 saturated heterocycles. The number of nitrogens with one attached hydrogen (secondary N) is 1. The molecule has 8 nitrogen and oxygen atoms in total. The molecule has 0 saturated carbocycles. The zero-order chi connectivity index (χ0) is 23.2. The highest BCUT2D eigenvalue weighted by Crippen LogP contribution is 2.35. The lowest BCUT2D eigenvalue weighted by atomic mass is 10.0. The molecule has 0 radical (unpaired) electrons. The predicted molar refractivity (Wildman–Crippen MR) is 127 cm³/mol. The summed E-state index contributed by atoms with van der Waals surface area (Å²) in [5, 5.41) is 2.95. The summed E-state index contributed by atoms with van der Waals surface area (Å²) in [7, 11) is 1.54. The summed E-state index contributed by atoms with van der Waals surface area (Å²) in [4.78, 5) is 28.0. The van der Waals surface area contributed by atoms with Gasteiger partial charge in [-0.25, -0.2) is 9.97 Å². The first-order chi connectivity index (χ1) is 16.0. The normalized spacial score (nSPS) is 13.7. The quantitative estimate of drug-likeness (QED) is 0.560. The van der Waals surface area contributed by atoms with Crippen molar-refractivity contribution < 1.29 is 14.3 Å². The third-order valence-corrected chi connectivity index (χ3v) is 5.81. The molecule has 8 heteroatoms. The van der Waals surface area contributed by atoms with Gasteiger partial charge >= 0.3 is 0 Å². The van der Waals surface area contributed by atoms with Gasteiger partial charge in [0, 0.05) is 40.9 Å². The van der Waals surface area contributed by atoms with Gasteiger partial charge in [-0.2, -0.15) is 0 Å². The second-order valence-corrected chi connectivity index (χ2v) is 8.10. The Morgan fingerprint density at radius 3 is 2.58 bits per heavy atom. The highest BCUT2D eigenvalue weighted by molar-refractivity contribution is 6.04. The second kappa shape index (κ2) is 10.4. The number of pyridine rings is 1. The first-order valence-corrected chi connectivity index (χ1v) is 11.1. The second-order valence-electron chi connectivity index (χ2n) is 8.10. The Hall–Kier alpha value is -3.52. The van der Waals surface area contributed by atoms with Gasteiger partial charge in [-0.3, -0.25) is 14.7 Å². The Morgan fingerprint density at radius 1 is 1.09 bits per heavy atom. The minimum Gasteiger partial charge on any atom is -0.495 e. The standard InChI is InChI=1S/C25H29N5O3/c1-17-24(18(2)28-16-27-17)22-13-20(29-25(31)19-12-21(32-3)15-26-14-19)6-7-23(22)33-11-10-30-8-4-5-9-30/h6-7,12-16H,4-5,8-11H2,1-3H3,(H,29,31). The molecular weight excluding hydrogens is 418 g/mol. The number of hydrogen-bond acceptors (Lipinski definition) is 7. The number of amides is 1. The molecule has 0 atom stereocenters. The molecule has 0 bridgehead atoms. The summed E-state index contributed by atoms with van der Waals surface area (Å²) in [6.45, 7) is 7.65. The van der Waals surface area contributed by atoms with Crippen molar-refractivity contribution in [1.82, 2.24) is 19.9 Å². The molecule has 3 aromatic rings. The molecule has 1 amide bonds. The first kappa shape index (κ1) is 22.7. The van der Waals surface area contributed by atoms with Crippen LogP contribution in [0.3, 0.4) is 0 Å². The molecule has 1 aliphatic heterocycles. The zero-order valence-corrected chi connectivity index (χ0v) is 19.3. The van der Waals surface area contributed by atoms with Crippen molar-refractivity contribution in [1.29, 1.82) is 0 Å². The van der Waals surface area contributed by atoms with E-state index in [9.17, 15) is 4.79 Å². The molecule has 33 heavy (non-hydrogen) atoms. The lowest BCUT2D eigenvalue weighted by Gasteiger charge is -2.18. The largest absolute Gasteiger partial charge is 0.495 e. The molecule has 1 fully saturated rings. The monoisotopic (exact) mass is 447 g/mol. The van der Waals surface area contributed by atoms with Gasteiger partial charge in [0.05, 0.1) is 18.9 Å². The van der Waals surface area contributed by atoms with Crippen molar-refractivity contribution >= 4 is 11.6 Å². The van der Waals surface area contributed by atoms with E-state index >= 15 is 0 Å². The van der Waals surface area contributed by atoms with Gasteiger partial charge in [-0.1, -0.05) is 0 Å². The zero-order valence-electron chi connectivity index (χ0n) is 19.3. The van der Waals surface area contributed by atoms with Crippen LogP contribution in [0.2, 0.25) is 0 Å². The highest BCUT2D eigenvalue weighted by Gasteiger charge is 2.17. The molecule has 0 aliphatic carbocycles. The van der Waals surface area contributed by atoms with E-state index < -0.39 is 0 Å². The number of carbonyl (C=O) groups is 1. The van der Waals surface area contributed by atoms with Gasteiger partial charge in [0.1, 0.15) is 24.4 Å². The summed E-state index contributed by atoms with van der Waals surface area (Å²) >= 11 is 0. The topological polar surface area (TPSA) is 89.5 Å². The molecule has 3 heterocycles. The smallest absolute Gasteiger partial charge is 0.257 e. The number of methoxy groups -OCH3 is 1. The Kier molecular flexibility index (Phi) is 7.14. The SMILES string of the molecule is COc1cncc(C(=O)Nc2ccc(OCCN3CCCC3)c(-c3c(C)ncnc3C)c2)c1. The average Bonchev–Trinajstić information content (AvgIpc) is 3.34. The van der Waals surface area contributed by atoms with Crippen LogP contribution in [0.5, 0.6) is 11.5 Å². The Bertz CT molecular complexity index is 1110. The lowest BCUT2D eigenvalue weighted by Crippen LogP contribution is -2.25. The number of likely N-dealkylation sites (tertiary alicyclic amines) is 1. The molecule has 1 aromatic carbocycles. The van der Waals surface area contributed by atoms with Gasteiger partial charge < -0.3 is 14.8 Å². The molecule has 2 aromatic heterocycles. The van der Waals surface area contributed by atoms with E-state index in [-0.39, 0.29) is 5.91 Å². The number of hydrogen-bond donors (Lipinski definition) is 1. The number of aryl methyl sites for hydroxylation is 2. The number of anilines is 1. The van der Waals surface area contributed by atoms with Crippen LogP contribution in [0, 0.1) is 13.8 Å². The number of ether oxygens (including phenoxy) is 2. The van der Waals surface area contributed by atoms with Gasteiger partial charge in [0.2, 0.25) is 0 Å². The number of nitrogens with zero attached hydrogens (tertiary/aromatic N) is 4. The van der Waals surface area contributed by atoms with Crippen molar-refractivity contribution in [2.45, 2.75) is 26.7 Å². The van der Waals surface area contributed by atoms with Gasteiger partial charge in [0.15, 0.2) is 0 Å². The first-order valence-electron chi connectivity index (χ1n) is 11.1. The van der Waals surface area contributed by atoms with E-state index in [2.05, 4.69) is 25.2 Å². The Morgan fingerprint density at radius 2 is 1.85 bits per heavy atom. The van der Waals surface area contributed by atoms with Crippen molar-refractivity contribution in [2.75, 3.05) is 38.7 Å². The van der Waals surface area contributed by atoms with Crippen molar-refractivity contribution in [3.63, 3.8) is 0 Å². The Labute approximate surface area is 194 Å². The fraction of sp³-hybridized carbons (Fsp3) is 0.360. The maximum absolute atomic E-state index is 12.8. The number of carbonyl (C=O) groups excluding carboxylic acids is 1. The van der Waals surface area contributed by atoms with Gasteiger partial charge in [0.25, 0.3) is 5.91 Å². The van der Waals surface area contributed by atoms with Crippen LogP contribution in [-0.4, -0.2) is 59.1 Å². The van der Waals surface area contributed by atoms with Crippen LogP contribution in [0.25, 0.3) is 11.1 Å². The lowest BCUT2D eigenvalue weighted by molar-refractivity contribution is 0.102. The minimum absolute atomic E-state index is 0.271. The minimum atomic E-state index is -0.271. The van der Waals surface area contributed by atoms with Crippen LogP contribution >= 0.6 is 0 Å². The highest BCUT2D eigenvalue weighted by atomic mass is 16.5. The van der Waals surface area contributed by atoms with E-state index in [0.717, 1.165) is 47.9 Å². The van der Waals surface area contributed by atoms with Crippen LogP contribution in [-0.2, 0) is 0 Å². The fourth-order valence-electron chi connectivity index (χ4n) is 4.06. The van der Waals surface area contributed by atoms with Crippen LogP contribution < -0.4 is 14.8 Å². The van der Waals surface area contributed by atoms with Crippen LogP contribution in [0.15, 0.2) is 43.0 Å². The predicted octanol–water partition coefficient (Wildman–Crippen LogP) is 3.89. The van der Waals surface area contributed by atoms with Crippen LogP contribution in [0.1, 0.15) is 34.6 Å². The summed E-state index contributed by atoms with van der Waals surface area (Å²) < 4.78 is 11.4. The Balaban J connectivity index is 1.60. The molecule has 0 unspecified atom stereocenters. The molecule has 4 rings (SSSR count). The molecule has 172 valence electrons. The van der Waals surface area contributed by atoms with E-state index in [0.29, 0.717) is 23.6 Å². The van der Waals surface area contributed by atoms with Crippen LogP contribution in [0.4, 0.5) is 5.69 Å². The summed E-state index contributed by atoms with van der Waals surface area (Å²) in [5.74, 6) is 1.00. The van der Waals surface area contributed by atoms with Crippen molar-refractivity contribution in [2.24, 2.45) is 0 Å². The average molecular weight is 448 g/mol. The number of rotatable bonds is 8. The fourth-order valence-corrected chi connectivity index (χ4v) is 4.06. The van der Waals surface area contributed by atoms with E-state index in [1.54, 1.807) is 25.7 Å². The van der Waals surface area contributed by atoms with Gasteiger partial charge in [-0.15, -0.1) is 0 Å². The molecule has 0 spiro atoms. The number of aromatic nitrogens is 3. The van der Waals surface area contributed by atoms with E-state index in [1.165, 1.54) is 19.0 Å². The van der Waals surface area contributed by atoms with Gasteiger partial charge in [-0.05, 0) is 64.0 Å². The third kappa shape index (κ3) is 5.46. The van der Waals surface area contributed by atoms with Crippen molar-refractivity contribution in [3.8, 4) is 22.6 Å². The molecule has 1 aliphatic rings. The maximum Gasteiger partial charge on any atom is 0.257 e. The van der Waals surface area contributed by atoms with Crippen molar-refractivity contribution in [3.05, 3.63) is 59.9 Å². The van der Waals surface area contributed by atoms with E-state index in [1.807, 2.05) is 32.0 Å². The molecule has 1 N–H and O–H groups in total. The molecular formula is C25H29N5O3. The number of benzene rings is 1. The summed E-state index contributed by atoms with van der Waals surface area (Å²) in [6.07, 6.45) is 7.13. The third-order valence-electron chi connectivity index (χ3n) is 5.81. The maximum atomic E-state index is 12.8.